The molecule has 0 unspecified atom stereocenters. The Balaban J connectivity index is 1.06. The molecule has 1 aromatic carbocycles. The van der Waals surface area contributed by atoms with E-state index in [1.54, 1.807) is 18.2 Å². The molecule has 6 rings (SSSR count). The lowest BCUT2D eigenvalue weighted by molar-refractivity contribution is -0.147. The molecule has 2 N–H and O–H groups in total. The van der Waals surface area contributed by atoms with Crippen LogP contribution in [0.4, 0.5) is 5.69 Å². The number of rotatable bonds is 7. The summed E-state index contributed by atoms with van der Waals surface area (Å²) >= 11 is 0. The van der Waals surface area contributed by atoms with Crippen molar-refractivity contribution in [3.05, 3.63) is 29.3 Å². The number of ketones is 1. The van der Waals surface area contributed by atoms with Crippen molar-refractivity contribution in [2.45, 2.75) is 51.4 Å². The normalized spacial score (nSPS) is 29.9. The van der Waals surface area contributed by atoms with Crippen LogP contribution >= 0.6 is 0 Å². The minimum absolute atomic E-state index is 0.0496. The summed E-state index contributed by atoms with van der Waals surface area (Å²) in [6.07, 6.45) is 7.12. The lowest BCUT2D eigenvalue weighted by Gasteiger charge is -2.55. The molecule has 4 aliphatic carbocycles. The van der Waals surface area contributed by atoms with Crippen LogP contribution in [-0.2, 0) is 25.5 Å². The molecule has 4 fully saturated rings. The minimum atomic E-state index is -0.503. The zero-order valence-corrected chi connectivity index (χ0v) is 17.6. The number of esters is 1. The van der Waals surface area contributed by atoms with Crippen LogP contribution in [0, 0.1) is 23.2 Å². The number of carbonyl (C=O) groups excluding carboxylic acids is 4. The summed E-state index contributed by atoms with van der Waals surface area (Å²) < 4.78 is 5.11. The van der Waals surface area contributed by atoms with Gasteiger partial charge in [0.05, 0.1) is 12.8 Å². The SMILES string of the molecule is O=C1Cc2cc(C(=O)COC(=O)CCNC(=O)C34CC5CC(CC(C5)C3)C4)ccc2N1. The van der Waals surface area contributed by atoms with Crippen LogP contribution in [0.5, 0.6) is 0 Å². The highest BCUT2D eigenvalue weighted by molar-refractivity contribution is 6.02. The minimum Gasteiger partial charge on any atom is -0.457 e. The van der Waals surface area contributed by atoms with Gasteiger partial charge in [-0.25, -0.2) is 0 Å². The van der Waals surface area contributed by atoms with Gasteiger partial charge in [0, 0.05) is 23.2 Å². The summed E-state index contributed by atoms with van der Waals surface area (Å²) in [7, 11) is 0. The number of nitrogens with one attached hydrogen (secondary N) is 2. The molecule has 164 valence electrons. The zero-order valence-electron chi connectivity index (χ0n) is 17.6. The quantitative estimate of drug-likeness (QED) is 0.518. The lowest BCUT2D eigenvalue weighted by Crippen LogP contribution is -2.53. The average molecular weight is 424 g/mol. The van der Waals surface area contributed by atoms with Gasteiger partial charge in [0.15, 0.2) is 12.4 Å². The maximum atomic E-state index is 12.9. The van der Waals surface area contributed by atoms with Gasteiger partial charge in [-0.1, -0.05) is 0 Å². The standard InChI is InChI=1S/C24H28N2O5/c27-20(17-1-2-19-18(8-17)9-21(28)26-19)13-31-22(29)3-4-25-23(30)24-10-14-5-15(11-24)7-16(6-14)12-24/h1-2,8,14-16H,3-7,9-13H2,(H,25,30)(H,26,28). The summed E-state index contributed by atoms with van der Waals surface area (Å²) in [6, 6.07) is 4.97. The molecule has 0 aromatic heterocycles. The number of carbonyl (C=O) groups is 4. The first kappa shape index (κ1) is 20.2. The van der Waals surface area contributed by atoms with Gasteiger partial charge in [-0.05, 0) is 80.0 Å². The number of hydrogen-bond donors (Lipinski definition) is 2. The van der Waals surface area contributed by atoms with E-state index in [0.717, 1.165) is 24.8 Å². The molecule has 0 saturated heterocycles. The molecule has 0 radical (unpaired) electrons. The molecule has 1 aromatic rings. The number of hydrogen-bond acceptors (Lipinski definition) is 5. The van der Waals surface area contributed by atoms with Crippen LogP contribution in [0.2, 0.25) is 0 Å². The van der Waals surface area contributed by atoms with Crippen molar-refractivity contribution in [2.75, 3.05) is 18.5 Å². The molecule has 4 bridgehead atoms. The van der Waals surface area contributed by atoms with E-state index < -0.39 is 5.97 Å². The number of ether oxygens (including phenoxy) is 1. The maximum Gasteiger partial charge on any atom is 0.308 e. The van der Waals surface area contributed by atoms with Crippen LogP contribution in [-0.4, -0.2) is 36.7 Å². The Labute approximate surface area is 181 Å². The predicted octanol–water partition coefficient (Wildman–Crippen LogP) is 2.63. The summed E-state index contributed by atoms with van der Waals surface area (Å²) in [5, 5.41) is 5.68. The van der Waals surface area contributed by atoms with E-state index in [-0.39, 0.29) is 49.0 Å². The first-order valence-electron chi connectivity index (χ1n) is 11.3. The van der Waals surface area contributed by atoms with E-state index in [4.69, 9.17) is 4.74 Å². The van der Waals surface area contributed by atoms with Crippen molar-refractivity contribution in [3.8, 4) is 0 Å². The molecule has 1 heterocycles. The van der Waals surface area contributed by atoms with Crippen molar-refractivity contribution < 1.29 is 23.9 Å². The Morgan fingerprint density at radius 1 is 1.06 bits per heavy atom. The first-order valence-corrected chi connectivity index (χ1v) is 11.3. The van der Waals surface area contributed by atoms with E-state index >= 15 is 0 Å². The third-order valence-corrected chi connectivity index (χ3v) is 7.55. The van der Waals surface area contributed by atoms with Crippen LogP contribution < -0.4 is 10.6 Å². The summed E-state index contributed by atoms with van der Waals surface area (Å²) in [4.78, 5) is 48.7. The van der Waals surface area contributed by atoms with Crippen molar-refractivity contribution in [1.29, 1.82) is 0 Å². The van der Waals surface area contributed by atoms with Crippen LogP contribution in [0.25, 0.3) is 0 Å². The number of Topliss-reactive ketones (excluding diaryl/α,β-unsaturated/α-hetero) is 1. The molecule has 0 spiro atoms. The van der Waals surface area contributed by atoms with Gasteiger partial charge in [0.1, 0.15) is 0 Å². The van der Waals surface area contributed by atoms with Gasteiger partial charge in [-0.3, -0.25) is 19.2 Å². The van der Waals surface area contributed by atoms with Crippen molar-refractivity contribution in [3.63, 3.8) is 0 Å². The predicted molar refractivity (Wildman–Crippen MR) is 112 cm³/mol. The highest BCUT2D eigenvalue weighted by Gasteiger charge is 2.54. The molecule has 1 aliphatic heterocycles. The number of fused-ring (bicyclic) bond motifs is 1. The van der Waals surface area contributed by atoms with E-state index in [0.29, 0.717) is 29.0 Å². The third kappa shape index (κ3) is 3.98. The molecular formula is C24H28N2O5. The Morgan fingerprint density at radius 3 is 2.42 bits per heavy atom. The molecule has 5 aliphatic rings. The first-order chi connectivity index (χ1) is 14.9. The van der Waals surface area contributed by atoms with Gasteiger partial charge < -0.3 is 15.4 Å². The maximum absolute atomic E-state index is 12.9. The van der Waals surface area contributed by atoms with Gasteiger partial charge in [-0.2, -0.15) is 0 Å². The van der Waals surface area contributed by atoms with Gasteiger partial charge in [0.25, 0.3) is 0 Å². The summed E-state index contributed by atoms with van der Waals surface area (Å²) in [6.45, 7) is -0.109. The highest BCUT2D eigenvalue weighted by atomic mass is 16.5. The monoisotopic (exact) mass is 424 g/mol. The Hall–Kier alpha value is -2.70. The topological polar surface area (TPSA) is 102 Å². The third-order valence-electron chi connectivity index (χ3n) is 7.55. The van der Waals surface area contributed by atoms with Crippen molar-refractivity contribution >= 4 is 29.3 Å². The second-order valence-corrected chi connectivity index (χ2v) is 9.88. The largest absolute Gasteiger partial charge is 0.457 e. The van der Waals surface area contributed by atoms with Crippen LogP contribution in [0.1, 0.15) is 60.9 Å². The molecule has 2 amide bonds. The fourth-order valence-electron chi connectivity index (χ4n) is 6.56. The summed E-state index contributed by atoms with van der Waals surface area (Å²) in [5.74, 6) is 1.27. The van der Waals surface area contributed by atoms with Crippen molar-refractivity contribution in [1.82, 2.24) is 5.32 Å². The lowest BCUT2D eigenvalue weighted by atomic mass is 9.49. The molecule has 7 nitrogen and oxygen atoms in total. The second-order valence-electron chi connectivity index (χ2n) is 9.88. The summed E-state index contributed by atoms with van der Waals surface area (Å²) in [5.41, 5.74) is 1.68. The molecular weight excluding hydrogens is 396 g/mol. The fraction of sp³-hybridized carbons (Fsp3) is 0.583. The van der Waals surface area contributed by atoms with E-state index in [1.807, 2.05) is 0 Å². The Kier molecular flexibility index (Phi) is 5.07. The molecule has 4 saturated carbocycles. The zero-order chi connectivity index (χ0) is 21.6. The fourth-order valence-corrected chi connectivity index (χ4v) is 6.56. The van der Waals surface area contributed by atoms with Gasteiger partial charge in [-0.15, -0.1) is 0 Å². The molecule has 7 heteroatoms. The molecule has 31 heavy (non-hydrogen) atoms. The second kappa shape index (κ2) is 7.77. The Bertz CT molecular complexity index is 918. The number of anilines is 1. The van der Waals surface area contributed by atoms with E-state index in [2.05, 4.69) is 10.6 Å². The smallest absolute Gasteiger partial charge is 0.308 e. The average Bonchev–Trinajstić information content (AvgIpc) is 3.10. The number of amides is 2. The van der Waals surface area contributed by atoms with Crippen LogP contribution in [0.3, 0.4) is 0 Å². The highest BCUT2D eigenvalue weighted by Crippen LogP contribution is 2.60. The van der Waals surface area contributed by atoms with Crippen LogP contribution in [0.15, 0.2) is 18.2 Å². The number of benzene rings is 1. The van der Waals surface area contributed by atoms with E-state index in [9.17, 15) is 19.2 Å². The Morgan fingerprint density at radius 2 is 1.74 bits per heavy atom. The van der Waals surface area contributed by atoms with Gasteiger partial charge in [0.2, 0.25) is 11.8 Å². The van der Waals surface area contributed by atoms with Gasteiger partial charge >= 0.3 is 5.97 Å². The van der Waals surface area contributed by atoms with E-state index in [1.165, 1.54) is 19.3 Å². The van der Waals surface area contributed by atoms with Crippen molar-refractivity contribution in [2.24, 2.45) is 23.2 Å². The molecule has 0 atom stereocenters.